The molecule has 1 atom stereocenters. The number of anilines is 2. The number of carbonyl (C=O) groups excluding carboxylic acids is 1. The fourth-order valence-corrected chi connectivity index (χ4v) is 6.95. The van der Waals surface area contributed by atoms with Crippen LogP contribution in [0.15, 0.2) is 29.3 Å². The van der Waals surface area contributed by atoms with Crippen molar-refractivity contribution in [2.45, 2.75) is 37.5 Å². The molecule has 30 heavy (non-hydrogen) atoms. The lowest BCUT2D eigenvalue weighted by molar-refractivity contribution is -0.127. The maximum Gasteiger partial charge on any atom is 0.243 e. The van der Waals surface area contributed by atoms with Crippen LogP contribution in [0.1, 0.15) is 32.8 Å². The van der Waals surface area contributed by atoms with E-state index in [4.69, 9.17) is 11.6 Å². The maximum atomic E-state index is 13.1. The normalized spacial score (nSPS) is 21.1. The third-order valence-electron chi connectivity index (χ3n) is 6.13. The van der Waals surface area contributed by atoms with Gasteiger partial charge in [-0.3, -0.25) is 4.79 Å². The van der Waals surface area contributed by atoms with Gasteiger partial charge in [0.1, 0.15) is 4.34 Å². The summed E-state index contributed by atoms with van der Waals surface area (Å²) in [6.07, 6.45) is 2.41. The molecule has 2 aliphatic rings. The van der Waals surface area contributed by atoms with Crippen LogP contribution < -0.4 is 4.90 Å². The zero-order valence-electron chi connectivity index (χ0n) is 17.3. The number of thiazole rings is 1. The van der Waals surface area contributed by atoms with E-state index in [0.29, 0.717) is 42.0 Å². The molecule has 3 heterocycles. The average molecular weight is 469 g/mol. The minimum atomic E-state index is -3.58. The van der Waals surface area contributed by atoms with Crippen LogP contribution in [0.5, 0.6) is 0 Å². The van der Waals surface area contributed by atoms with E-state index in [-0.39, 0.29) is 11.3 Å². The summed E-state index contributed by atoms with van der Waals surface area (Å²) in [5, 5.41) is 0.777. The lowest BCUT2D eigenvalue weighted by Crippen LogP contribution is -2.36. The van der Waals surface area contributed by atoms with Crippen LogP contribution in [0.3, 0.4) is 0 Å². The number of likely N-dealkylation sites (tertiary alicyclic amines) is 1. The Morgan fingerprint density at radius 1 is 1.30 bits per heavy atom. The van der Waals surface area contributed by atoms with Crippen LogP contribution in [0.2, 0.25) is 4.34 Å². The molecule has 7 nitrogen and oxygen atoms in total. The van der Waals surface area contributed by atoms with Crippen LogP contribution in [0.4, 0.5) is 10.8 Å². The molecule has 162 valence electrons. The second-order valence-electron chi connectivity index (χ2n) is 7.77. The van der Waals surface area contributed by atoms with E-state index in [1.807, 2.05) is 30.9 Å². The molecular weight excluding hydrogens is 444 g/mol. The minimum absolute atomic E-state index is 0.0380. The summed E-state index contributed by atoms with van der Waals surface area (Å²) in [6.45, 7) is 7.97. The van der Waals surface area contributed by atoms with Crippen LogP contribution in [-0.4, -0.2) is 61.2 Å². The largest absolute Gasteiger partial charge is 0.342 e. The van der Waals surface area contributed by atoms with Crippen molar-refractivity contribution >= 4 is 49.7 Å². The fraction of sp³-hybridized carbons (Fsp3) is 0.500. The SMILES string of the molecule is CCN(CC)S(=O)(=O)c1ccc2c(c1)C1(CCN(C(C)=O)C1)CN2c1ncc(Cl)s1. The van der Waals surface area contributed by atoms with Gasteiger partial charge in [-0.25, -0.2) is 13.4 Å². The Hall–Kier alpha value is -1.68. The molecule has 2 aliphatic heterocycles. The Bertz CT molecular complexity index is 1080. The van der Waals surface area contributed by atoms with Crippen molar-refractivity contribution < 1.29 is 13.2 Å². The van der Waals surface area contributed by atoms with Crippen molar-refractivity contribution in [1.82, 2.24) is 14.2 Å². The third kappa shape index (κ3) is 3.41. The van der Waals surface area contributed by atoms with Gasteiger partial charge < -0.3 is 9.80 Å². The Morgan fingerprint density at radius 2 is 2.03 bits per heavy atom. The molecule has 0 saturated carbocycles. The van der Waals surface area contributed by atoms with Gasteiger partial charge in [-0.2, -0.15) is 4.31 Å². The number of sulfonamides is 1. The van der Waals surface area contributed by atoms with Crippen molar-refractivity contribution in [3.05, 3.63) is 34.3 Å². The number of aromatic nitrogens is 1. The molecule has 2 aromatic rings. The molecule has 1 spiro atoms. The highest BCUT2D eigenvalue weighted by Gasteiger charge is 2.49. The summed E-state index contributed by atoms with van der Waals surface area (Å²) in [5.74, 6) is 0.0380. The van der Waals surface area contributed by atoms with E-state index in [1.54, 1.807) is 19.2 Å². The zero-order valence-corrected chi connectivity index (χ0v) is 19.6. The number of rotatable bonds is 5. The Balaban J connectivity index is 1.83. The van der Waals surface area contributed by atoms with Gasteiger partial charge in [0.25, 0.3) is 0 Å². The van der Waals surface area contributed by atoms with Gasteiger partial charge in [-0.15, -0.1) is 0 Å². The van der Waals surface area contributed by atoms with Crippen molar-refractivity contribution in [2.75, 3.05) is 37.6 Å². The quantitative estimate of drug-likeness (QED) is 0.671. The number of benzene rings is 1. The monoisotopic (exact) mass is 468 g/mol. The van der Waals surface area contributed by atoms with Crippen molar-refractivity contribution in [3.63, 3.8) is 0 Å². The van der Waals surface area contributed by atoms with E-state index in [0.717, 1.165) is 22.8 Å². The number of halogens is 1. The highest BCUT2D eigenvalue weighted by Crippen LogP contribution is 2.50. The molecule has 4 rings (SSSR count). The van der Waals surface area contributed by atoms with E-state index in [2.05, 4.69) is 9.88 Å². The van der Waals surface area contributed by atoms with Crippen LogP contribution in [0.25, 0.3) is 0 Å². The molecule has 0 radical (unpaired) electrons. The third-order valence-corrected chi connectivity index (χ3v) is 9.31. The molecule has 0 aliphatic carbocycles. The fourth-order valence-electron chi connectivity index (χ4n) is 4.55. The first kappa shape index (κ1) is 21.5. The van der Waals surface area contributed by atoms with Gasteiger partial charge in [0.05, 0.1) is 11.1 Å². The van der Waals surface area contributed by atoms with E-state index >= 15 is 0 Å². The number of hydrogen-bond donors (Lipinski definition) is 0. The second kappa shape index (κ2) is 7.78. The summed E-state index contributed by atoms with van der Waals surface area (Å²) in [4.78, 5) is 20.7. The molecule has 0 bridgehead atoms. The lowest BCUT2D eigenvalue weighted by atomic mass is 9.81. The molecule has 1 aromatic carbocycles. The van der Waals surface area contributed by atoms with E-state index < -0.39 is 10.0 Å². The van der Waals surface area contributed by atoms with Gasteiger partial charge in [0.2, 0.25) is 15.9 Å². The Labute approximate surface area is 186 Å². The maximum absolute atomic E-state index is 13.1. The summed E-state index contributed by atoms with van der Waals surface area (Å²) in [5.41, 5.74) is 1.57. The van der Waals surface area contributed by atoms with Crippen molar-refractivity contribution in [3.8, 4) is 0 Å². The predicted octanol–water partition coefficient (Wildman–Crippen LogP) is 3.47. The summed E-state index contributed by atoms with van der Waals surface area (Å²) in [7, 11) is -3.58. The Morgan fingerprint density at radius 3 is 2.60 bits per heavy atom. The number of amides is 1. The minimum Gasteiger partial charge on any atom is -0.342 e. The number of hydrogen-bond acceptors (Lipinski definition) is 6. The summed E-state index contributed by atoms with van der Waals surface area (Å²) < 4.78 is 28.4. The first-order chi connectivity index (χ1) is 14.2. The highest BCUT2D eigenvalue weighted by atomic mass is 35.5. The molecule has 1 aromatic heterocycles. The summed E-state index contributed by atoms with van der Waals surface area (Å²) in [6, 6.07) is 5.35. The second-order valence-corrected chi connectivity index (χ2v) is 11.4. The topological polar surface area (TPSA) is 73.8 Å². The molecule has 1 saturated heterocycles. The molecule has 1 amide bonds. The molecule has 0 N–H and O–H groups in total. The van der Waals surface area contributed by atoms with Gasteiger partial charge in [-0.1, -0.05) is 36.8 Å². The lowest BCUT2D eigenvalue weighted by Gasteiger charge is -2.25. The van der Waals surface area contributed by atoms with Crippen molar-refractivity contribution in [2.24, 2.45) is 0 Å². The first-order valence-corrected chi connectivity index (χ1v) is 12.6. The van der Waals surface area contributed by atoms with Gasteiger partial charge >= 0.3 is 0 Å². The molecular formula is C20H25ClN4O3S2. The molecule has 1 fully saturated rings. The van der Waals surface area contributed by atoms with Crippen LogP contribution >= 0.6 is 22.9 Å². The van der Waals surface area contributed by atoms with Crippen molar-refractivity contribution in [1.29, 1.82) is 0 Å². The number of fused-ring (bicyclic) bond motifs is 2. The van der Waals surface area contributed by atoms with Gasteiger partial charge in [0.15, 0.2) is 5.13 Å². The van der Waals surface area contributed by atoms with Crippen LogP contribution in [-0.2, 0) is 20.2 Å². The number of carbonyl (C=O) groups is 1. The summed E-state index contributed by atoms with van der Waals surface area (Å²) >= 11 is 7.52. The standard InChI is InChI=1S/C20H25ClN4O3S2/c1-4-24(5-2)30(27,28)15-6-7-17-16(10-15)20(8-9-23(12-20)14(3)26)13-25(17)19-22-11-18(21)29-19/h6-7,10-11H,4-5,8-9,12-13H2,1-3H3. The van der Waals surface area contributed by atoms with Gasteiger partial charge in [0, 0.05) is 50.7 Å². The van der Waals surface area contributed by atoms with Gasteiger partial charge in [-0.05, 0) is 30.2 Å². The Kier molecular flexibility index (Phi) is 5.59. The number of nitrogens with zero attached hydrogens (tertiary/aromatic N) is 4. The van der Waals surface area contributed by atoms with E-state index in [1.165, 1.54) is 15.6 Å². The van der Waals surface area contributed by atoms with Crippen LogP contribution in [0, 0.1) is 0 Å². The molecule has 10 heteroatoms. The van der Waals surface area contributed by atoms with E-state index in [9.17, 15) is 13.2 Å². The highest BCUT2D eigenvalue weighted by molar-refractivity contribution is 7.89. The zero-order chi connectivity index (χ0) is 21.7. The predicted molar refractivity (Wildman–Crippen MR) is 119 cm³/mol. The average Bonchev–Trinajstić information content (AvgIpc) is 3.41. The first-order valence-electron chi connectivity index (χ1n) is 10.0. The smallest absolute Gasteiger partial charge is 0.243 e. The molecule has 1 unspecified atom stereocenters.